The lowest BCUT2D eigenvalue weighted by Gasteiger charge is -2.40. The molecule has 0 spiro atoms. The van der Waals surface area contributed by atoms with Crippen molar-refractivity contribution >= 4 is 0 Å². The molecule has 0 amide bonds. The standard InChI is InChI=1S/C36H38O2.C9H20.2C2H6/c1-5-26-10-18-31-32-19-11-27(6-2)21-34(32)36(33(31)20-26,28-12-8-25(4)9-13-28)29-14-16-30(17-15-29)38-24-35(7-3)22-37-23-35;1-5-9(6-2,7-3)8-4;2*1-2/h8-21H,5-7,22-24H2,1-4H3;5-8H2,1-4H3;2*1-2H3. The summed E-state index contributed by atoms with van der Waals surface area (Å²) in [4.78, 5) is 0. The molecule has 2 heteroatoms. The van der Waals surface area contributed by atoms with Crippen LogP contribution in [0.25, 0.3) is 11.1 Å². The molecule has 1 heterocycles. The van der Waals surface area contributed by atoms with Crippen LogP contribution in [0.4, 0.5) is 0 Å². The van der Waals surface area contributed by atoms with Gasteiger partial charge in [0.25, 0.3) is 0 Å². The maximum absolute atomic E-state index is 6.31. The SMILES string of the molecule is CC.CC.CCC(CC)(CC)CC.CCc1ccc2c(c1)C(c1ccc(C)cc1)(c1ccc(OCC3(CC)COC3)cc1)c1cc(CC)ccc1-2. The van der Waals surface area contributed by atoms with E-state index in [0.717, 1.165) is 38.2 Å². The van der Waals surface area contributed by atoms with Gasteiger partial charge in [-0.15, -0.1) is 0 Å². The number of rotatable bonds is 12. The van der Waals surface area contributed by atoms with Crippen molar-refractivity contribution in [3.63, 3.8) is 0 Å². The summed E-state index contributed by atoms with van der Waals surface area (Å²) in [7, 11) is 0. The number of hydrogen-bond donors (Lipinski definition) is 0. The van der Waals surface area contributed by atoms with Gasteiger partial charge >= 0.3 is 0 Å². The molecule has 0 bridgehead atoms. The quantitative estimate of drug-likeness (QED) is 0.130. The minimum atomic E-state index is -0.375. The third kappa shape index (κ3) is 8.65. The van der Waals surface area contributed by atoms with Crippen LogP contribution in [-0.4, -0.2) is 19.8 Å². The fraction of sp³-hybridized carbons (Fsp3) is 0.510. The molecule has 2 nitrogen and oxygen atoms in total. The van der Waals surface area contributed by atoms with Crippen molar-refractivity contribution in [2.24, 2.45) is 10.8 Å². The van der Waals surface area contributed by atoms with Crippen LogP contribution >= 0.6 is 0 Å². The van der Waals surface area contributed by atoms with Crippen LogP contribution in [0, 0.1) is 17.8 Å². The Hall–Kier alpha value is -3.36. The highest BCUT2D eigenvalue weighted by atomic mass is 16.5. The molecule has 6 rings (SSSR count). The van der Waals surface area contributed by atoms with E-state index in [1.54, 1.807) is 0 Å². The Morgan fingerprint density at radius 3 is 1.35 bits per heavy atom. The van der Waals surface area contributed by atoms with Crippen LogP contribution < -0.4 is 4.74 Å². The van der Waals surface area contributed by atoms with Gasteiger partial charge in [-0.3, -0.25) is 0 Å². The van der Waals surface area contributed by atoms with E-state index in [1.807, 2.05) is 27.7 Å². The fourth-order valence-electron chi connectivity index (χ4n) is 7.77. The topological polar surface area (TPSA) is 18.5 Å². The highest BCUT2D eigenvalue weighted by Gasteiger charge is 2.46. The number of hydrogen-bond acceptors (Lipinski definition) is 2. The molecule has 2 aliphatic rings. The molecule has 0 aromatic heterocycles. The first-order valence-corrected chi connectivity index (χ1v) is 20.4. The van der Waals surface area contributed by atoms with Crippen LogP contribution in [0.2, 0.25) is 0 Å². The summed E-state index contributed by atoms with van der Waals surface area (Å²) in [5.74, 6) is 0.926. The van der Waals surface area contributed by atoms with Gasteiger partial charge in [0.2, 0.25) is 0 Å². The molecule has 0 radical (unpaired) electrons. The van der Waals surface area contributed by atoms with Gasteiger partial charge in [-0.05, 0) is 88.2 Å². The maximum Gasteiger partial charge on any atom is 0.119 e. The largest absolute Gasteiger partial charge is 0.493 e. The molecule has 0 saturated carbocycles. The molecular weight excluding hydrogens is 621 g/mol. The monoisotopic (exact) mass is 691 g/mol. The van der Waals surface area contributed by atoms with Crippen LogP contribution in [0.5, 0.6) is 5.75 Å². The van der Waals surface area contributed by atoms with E-state index in [2.05, 4.69) is 140 Å². The number of ether oxygens (including phenoxy) is 2. The molecule has 1 aliphatic carbocycles. The Kier molecular flexibility index (Phi) is 16.1. The smallest absolute Gasteiger partial charge is 0.119 e. The normalized spacial score (nSPS) is 14.6. The molecular formula is C49H70O2. The van der Waals surface area contributed by atoms with E-state index in [1.165, 1.54) is 75.8 Å². The molecule has 0 atom stereocenters. The third-order valence-corrected chi connectivity index (χ3v) is 12.0. The third-order valence-electron chi connectivity index (χ3n) is 12.0. The van der Waals surface area contributed by atoms with Gasteiger partial charge in [-0.25, -0.2) is 0 Å². The van der Waals surface area contributed by atoms with Crippen molar-refractivity contribution < 1.29 is 9.47 Å². The predicted molar refractivity (Wildman–Crippen MR) is 223 cm³/mol. The van der Waals surface area contributed by atoms with Gasteiger partial charge in [-0.2, -0.15) is 0 Å². The van der Waals surface area contributed by atoms with E-state index < -0.39 is 0 Å². The molecule has 1 aliphatic heterocycles. The zero-order chi connectivity index (χ0) is 37.7. The summed E-state index contributed by atoms with van der Waals surface area (Å²) >= 11 is 0. The van der Waals surface area contributed by atoms with Crippen molar-refractivity contribution in [1.29, 1.82) is 0 Å². The minimum absolute atomic E-state index is 0.165. The second-order valence-corrected chi connectivity index (χ2v) is 14.2. The highest BCUT2D eigenvalue weighted by Crippen LogP contribution is 2.56. The number of benzene rings is 4. The van der Waals surface area contributed by atoms with Gasteiger partial charge in [0, 0.05) is 0 Å². The van der Waals surface area contributed by atoms with Gasteiger partial charge in [0.15, 0.2) is 0 Å². The molecule has 4 aromatic carbocycles. The van der Waals surface area contributed by atoms with Gasteiger partial charge in [0.1, 0.15) is 5.75 Å². The van der Waals surface area contributed by atoms with Crippen molar-refractivity contribution in [2.75, 3.05) is 19.8 Å². The van der Waals surface area contributed by atoms with Crippen LogP contribution in [-0.2, 0) is 23.0 Å². The lowest BCUT2D eigenvalue weighted by molar-refractivity contribution is -0.133. The lowest BCUT2D eigenvalue weighted by atomic mass is 9.67. The molecule has 0 N–H and O–H groups in total. The minimum Gasteiger partial charge on any atom is -0.493 e. The van der Waals surface area contributed by atoms with Gasteiger partial charge in [0.05, 0.1) is 30.7 Å². The second kappa shape index (κ2) is 19.5. The van der Waals surface area contributed by atoms with Crippen LogP contribution in [0.15, 0.2) is 84.9 Å². The summed E-state index contributed by atoms with van der Waals surface area (Å²) in [6.07, 6.45) is 8.49. The predicted octanol–water partition coefficient (Wildman–Crippen LogP) is 14.0. The van der Waals surface area contributed by atoms with Gasteiger partial charge < -0.3 is 9.47 Å². The second-order valence-electron chi connectivity index (χ2n) is 14.2. The average Bonchev–Trinajstić information content (AvgIpc) is 3.47. The Bertz CT molecular complexity index is 1530. The van der Waals surface area contributed by atoms with E-state index in [-0.39, 0.29) is 10.8 Å². The molecule has 4 aromatic rings. The van der Waals surface area contributed by atoms with E-state index in [4.69, 9.17) is 9.47 Å². The summed E-state index contributed by atoms with van der Waals surface area (Å²) < 4.78 is 11.8. The Balaban J connectivity index is 0.000000469. The zero-order valence-electron chi connectivity index (χ0n) is 34.5. The van der Waals surface area contributed by atoms with Crippen molar-refractivity contribution in [3.8, 4) is 16.9 Å². The first-order chi connectivity index (χ1) is 24.8. The maximum atomic E-state index is 6.31. The van der Waals surface area contributed by atoms with Crippen molar-refractivity contribution in [2.45, 2.75) is 133 Å². The lowest BCUT2D eigenvalue weighted by Crippen LogP contribution is -2.46. The first-order valence-electron chi connectivity index (χ1n) is 20.4. The Morgan fingerprint density at radius 1 is 0.588 bits per heavy atom. The fourth-order valence-corrected chi connectivity index (χ4v) is 7.77. The highest BCUT2D eigenvalue weighted by molar-refractivity contribution is 5.86. The van der Waals surface area contributed by atoms with Crippen molar-refractivity contribution in [3.05, 3.63) is 124 Å². The van der Waals surface area contributed by atoms with E-state index >= 15 is 0 Å². The Morgan fingerprint density at radius 2 is 1.02 bits per heavy atom. The molecule has 0 unspecified atom stereocenters. The van der Waals surface area contributed by atoms with E-state index in [0.29, 0.717) is 12.0 Å². The number of fused-ring (bicyclic) bond motifs is 3. The Labute approximate surface area is 313 Å². The summed E-state index contributed by atoms with van der Waals surface area (Å²) in [5, 5.41) is 0. The molecule has 278 valence electrons. The summed E-state index contributed by atoms with van der Waals surface area (Å²) in [6, 6.07) is 32.3. The molecule has 51 heavy (non-hydrogen) atoms. The first kappa shape index (κ1) is 42.1. The summed E-state index contributed by atoms with van der Waals surface area (Å²) in [6.45, 7) is 28.4. The molecule has 1 fully saturated rings. The van der Waals surface area contributed by atoms with Gasteiger partial charge in [-0.1, -0.05) is 180 Å². The average molecular weight is 691 g/mol. The molecule has 1 saturated heterocycles. The summed E-state index contributed by atoms with van der Waals surface area (Å²) in [5.41, 5.74) is 12.5. The number of aryl methyl sites for hydroxylation is 3. The zero-order valence-corrected chi connectivity index (χ0v) is 34.5. The van der Waals surface area contributed by atoms with E-state index in [9.17, 15) is 0 Å². The van der Waals surface area contributed by atoms with Crippen molar-refractivity contribution in [1.82, 2.24) is 0 Å². The van der Waals surface area contributed by atoms with Crippen LogP contribution in [0.1, 0.15) is 147 Å². The van der Waals surface area contributed by atoms with Crippen LogP contribution in [0.3, 0.4) is 0 Å².